The van der Waals surface area contributed by atoms with Crippen molar-refractivity contribution in [3.63, 3.8) is 0 Å². The van der Waals surface area contributed by atoms with Crippen molar-refractivity contribution in [2.75, 3.05) is 9.80 Å². The summed E-state index contributed by atoms with van der Waals surface area (Å²) in [7, 11) is 0. The number of pyridine rings is 1. The molecule has 9 rings (SSSR count). The van der Waals surface area contributed by atoms with Crippen molar-refractivity contribution in [2.45, 2.75) is 90.9 Å². The Balaban J connectivity index is 0.00000560. The van der Waals surface area contributed by atoms with Gasteiger partial charge in [-0.3, -0.25) is 0 Å². The maximum absolute atomic E-state index is 6.77. The van der Waals surface area contributed by atoms with E-state index in [2.05, 4.69) is 248 Å². The minimum Gasteiger partial charge on any atom is -0.509 e. The Kier molecular flexibility index (Phi) is 11.8. The molecule has 0 atom stereocenters. The van der Waals surface area contributed by atoms with Crippen LogP contribution >= 0.6 is 0 Å². The summed E-state index contributed by atoms with van der Waals surface area (Å²) in [4.78, 5) is 9.22. The van der Waals surface area contributed by atoms with E-state index >= 15 is 0 Å². The molecule has 6 aromatic carbocycles. The summed E-state index contributed by atoms with van der Waals surface area (Å²) in [5, 5.41) is 2.24. The van der Waals surface area contributed by atoms with Gasteiger partial charge >= 0.3 is 0 Å². The van der Waals surface area contributed by atoms with Gasteiger partial charge in [0.25, 0.3) is 0 Å². The van der Waals surface area contributed by atoms with Crippen LogP contribution in [0.15, 0.2) is 158 Å². The van der Waals surface area contributed by atoms with Crippen LogP contribution in [0.4, 0.5) is 11.4 Å². The number of hydrogen-bond acceptors (Lipinski definition) is 4. The van der Waals surface area contributed by atoms with Crippen LogP contribution < -0.4 is 14.5 Å². The molecule has 64 heavy (non-hydrogen) atoms. The van der Waals surface area contributed by atoms with Crippen LogP contribution in [-0.4, -0.2) is 9.55 Å². The zero-order valence-corrected chi connectivity index (χ0v) is 40.9. The predicted octanol–water partition coefficient (Wildman–Crippen LogP) is 14.7. The van der Waals surface area contributed by atoms with Gasteiger partial charge in [-0.25, -0.2) is 4.98 Å². The Labute approximate surface area is 394 Å². The maximum atomic E-state index is 6.77. The molecule has 0 unspecified atom stereocenters. The second-order valence-corrected chi connectivity index (χ2v) is 20.0. The number of hydrogen-bond donors (Lipinski definition) is 0. The molecule has 0 saturated carbocycles. The third-order valence-corrected chi connectivity index (χ3v) is 12.9. The predicted molar refractivity (Wildman–Crippen MR) is 262 cm³/mol. The molecule has 3 heterocycles. The topological polar surface area (TPSA) is 33.5 Å². The van der Waals surface area contributed by atoms with Gasteiger partial charge in [-0.1, -0.05) is 160 Å². The number of rotatable bonds is 9. The molecule has 0 N–H and O–H groups in total. The summed E-state index contributed by atoms with van der Waals surface area (Å²) >= 11 is 0. The molecule has 0 aliphatic carbocycles. The van der Waals surface area contributed by atoms with Crippen LogP contribution in [0.2, 0.25) is 0 Å². The summed E-state index contributed by atoms with van der Waals surface area (Å²) in [6.45, 7) is 24.8. The van der Waals surface area contributed by atoms with E-state index < -0.39 is 0 Å². The fourth-order valence-electron chi connectivity index (χ4n) is 8.63. The average Bonchev–Trinajstić information content (AvgIpc) is 3.90. The molecule has 2 aromatic heterocycles. The second kappa shape index (κ2) is 16.9. The van der Waals surface area contributed by atoms with Crippen LogP contribution in [0, 0.1) is 18.8 Å². The molecule has 0 fully saturated rings. The Morgan fingerprint density at radius 1 is 0.500 bits per heavy atom. The quantitative estimate of drug-likeness (QED) is 0.135. The molecule has 8 aromatic rings. The average molecular weight is 1020 g/mol. The van der Waals surface area contributed by atoms with E-state index in [9.17, 15) is 0 Å². The summed E-state index contributed by atoms with van der Waals surface area (Å²) in [5.74, 6) is 2.10. The number of ether oxygens (including phenoxy) is 1. The minimum atomic E-state index is -0.232. The van der Waals surface area contributed by atoms with Crippen molar-refractivity contribution in [3.05, 3.63) is 210 Å². The summed E-state index contributed by atoms with van der Waals surface area (Å²) < 4.78 is 8.97. The number of fused-ring (bicyclic) bond motifs is 3. The van der Waals surface area contributed by atoms with Crippen LogP contribution in [0.3, 0.4) is 0 Å². The number of nitrogens with zero attached hydrogens (tertiary/aromatic N) is 4. The largest absolute Gasteiger partial charge is 0.509 e. The number of anilines is 2. The van der Waals surface area contributed by atoms with Gasteiger partial charge < -0.3 is 19.1 Å². The van der Waals surface area contributed by atoms with Crippen LogP contribution in [0.1, 0.15) is 103 Å². The molecule has 5 nitrogen and oxygen atoms in total. The normalized spacial score (nSPS) is 13.5. The smallest absolute Gasteiger partial charge is 0.135 e. The molecule has 0 bridgehead atoms. The molecule has 0 saturated heterocycles. The van der Waals surface area contributed by atoms with Crippen molar-refractivity contribution >= 4 is 33.2 Å². The zero-order chi connectivity index (χ0) is 44.3. The SMILES string of the molecule is CC(C)(C)c1cc(Oc2[c-]c3c(cc2)c2ccccc2n3-c2cc(C(C)(C)C)ccn2)[c-]c(N2C=CN(c3cc(C(C)(C)c4ccccc4)cc(C(C)(C)c4ccccc4)c3)[CH-]2)c1.[Pt]. The zero-order valence-electron chi connectivity index (χ0n) is 38.6. The summed E-state index contributed by atoms with van der Waals surface area (Å²) in [6.07, 6.45) is 6.15. The minimum absolute atomic E-state index is 0. The molecule has 1 aliphatic heterocycles. The molecule has 328 valence electrons. The van der Waals surface area contributed by atoms with Crippen molar-refractivity contribution < 1.29 is 25.8 Å². The van der Waals surface area contributed by atoms with Crippen LogP contribution in [-0.2, 0) is 42.7 Å². The van der Waals surface area contributed by atoms with E-state index in [0.29, 0.717) is 11.5 Å². The van der Waals surface area contributed by atoms with Gasteiger partial charge in [0, 0.05) is 60.8 Å². The molecule has 6 heteroatoms. The van der Waals surface area contributed by atoms with E-state index in [-0.39, 0.29) is 42.7 Å². The molecule has 0 spiro atoms. The standard InChI is InChI=1S/C58H57N4O.Pt/c1-55(2,3)42-27-28-59-54(36-42)62-52-24-18-17-23-50(52)51-26-25-48(38-53(51)62)63-49-35-43(56(4,5)6)32-47(37-49)61-30-29-60(39-61)46-33-44(57(7,8)40-19-13-11-14-20-40)31-45(34-46)58(9,10)41-21-15-12-16-22-41;/h11-36,39H,1-10H3;/q-3;. The van der Waals surface area contributed by atoms with E-state index in [4.69, 9.17) is 9.72 Å². The number of para-hydroxylation sites is 1. The van der Waals surface area contributed by atoms with Crippen molar-refractivity contribution in [1.29, 1.82) is 0 Å². The molecule has 1 aliphatic rings. The first-order chi connectivity index (χ1) is 30.0. The van der Waals surface area contributed by atoms with Crippen LogP contribution in [0.5, 0.6) is 11.5 Å². The van der Waals surface area contributed by atoms with E-state index in [1.807, 2.05) is 12.3 Å². The van der Waals surface area contributed by atoms with Crippen molar-refractivity contribution in [2.24, 2.45) is 0 Å². The van der Waals surface area contributed by atoms with E-state index in [1.54, 1.807) is 0 Å². The fraction of sp³-hybridized carbons (Fsp3) is 0.241. The maximum Gasteiger partial charge on any atom is 0.135 e. The molecule has 0 amide bonds. The summed E-state index contributed by atoms with van der Waals surface area (Å²) in [5.41, 5.74) is 10.8. The first-order valence-corrected chi connectivity index (χ1v) is 22.0. The number of benzene rings is 6. The molecular formula is C58H57N4OPt-3. The number of aromatic nitrogens is 2. The van der Waals surface area contributed by atoms with Crippen molar-refractivity contribution in [3.8, 4) is 17.3 Å². The second-order valence-electron chi connectivity index (χ2n) is 20.0. The first kappa shape index (κ1) is 44.7. The van der Waals surface area contributed by atoms with E-state index in [0.717, 1.165) is 44.6 Å². The van der Waals surface area contributed by atoms with Crippen LogP contribution in [0.25, 0.3) is 27.6 Å². The third-order valence-electron chi connectivity index (χ3n) is 12.9. The van der Waals surface area contributed by atoms with Gasteiger partial charge in [0.1, 0.15) is 5.82 Å². The third kappa shape index (κ3) is 8.55. The van der Waals surface area contributed by atoms with Gasteiger partial charge in [-0.15, -0.1) is 53.6 Å². The van der Waals surface area contributed by atoms with Crippen molar-refractivity contribution in [1.82, 2.24) is 9.55 Å². The summed E-state index contributed by atoms with van der Waals surface area (Å²) in [6, 6.07) is 57.2. The Morgan fingerprint density at radius 3 is 1.72 bits per heavy atom. The van der Waals surface area contributed by atoms with Gasteiger partial charge in [0.05, 0.1) is 0 Å². The first-order valence-electron chi connectivity index (χ1n) is 22.0. The molecule has 0 radical (unpaired) electrons. The van der Waals surface area contributed by atoms with Gasteiger partial charge in [0.2, 0.25) is 0 Å². The van der Waals surface area contributed by atoms with Gasteiger partial charge in [-0.2, -0.15) is 6.07 Å². The van der Waals surface area contributed by atoms with Gasteiger partial charge in [-0.05, 0) is 86.8 Å². The van der Waals surface area contributed by atoms with E-state index in [1.165, 1.54) is 27.8 Å². The Bertz CT molecular complexity index is 2920. The monoisotopic (exact) mass is 1020 g/mol. The Hall–Kier alpha value is -5.90. The molecular weight excluding hydrogens is 964 g/mol. The Morgan fingerprint density at radius 2 is 1.09 bits per heavy atom. The van der Waals surface area contributed by atoms with Gasteiger partial charge in [0.15, 0.2) is 0 Å². The fourth-order valence-corrected chi connectivity index (χ4v) is 8.63.